The lowest BCUT2D eigenvalue weighted by Gasteiger charge is -2.24. The minimum Gasteiger partial charge on any atom is -0.0622 e. The molecule has 0 nitrogen and oxygen atoms in total. The Labute approximate surface area is 152 Å². The number of rotatable bonds is 8. The van der Waals surface area contributed by atoms with E-state index in [-0.39, 0.29) is 0 Å². The molecule has 2 unspecified atom stereocenters. The molecule has 0 aromatic heterocycles. The Morgan fingerprint density at radius 1 is 0.600 bits per heavy atom. The van der Waals surface area contributed by atoms with Gasteiger partial charge in [0.2, 0.25) is 0 Å². The maximum Gasteiger partial charge on any atom is -0.0153 e. The van der Waals surface area contributed by atoms with Crippen molar-refractivity contribution in [2.75, 3.05) is 0 Å². The average molecular weight is 327 g/mol. The van der Waals surface area contributed by atoms with Crippen molar-refractivity contribution in [1.82, 2.24) is 0 Å². The summed E-state index contributed by atoms with van der Waals surface area (Å²) in [6.45, 7) is 4.23. The van der Waals surface area contributed by atoms with Crippen LogP contribution in [0.4, 0.5) is 0 Å². The fourth-order valence-corrected chi connectivity index (χ4v) is 3.62. The molecule has 0 N–H and O–H groups in total. The summed E-state index contributed by atoms with van der Waals surface area (Å²) in [5.41, 5.74) is 4.29. The molecule has 25 heavy (non-hydrogen) atoms. The molecule has 1 radical (unpaired) electrons. The van der Waals surface area contributed by atoms with Crippen LogP contribution in [0.15, 0.2) is 91.0 Å². The Hall–Kier alpha value is -2.34. The Morgan fingerprint density at radius 3 is 1.60 bits per heavy atom. The maximum atomic E-state index is 4.23. The van der Waals surface area contributed by atoms with E-state index < -0.39 is 0 Å². The van der Waals surface area contributed by atoms with Crippen LogP contribution in [-0.4, -0.2) is 0 Å². The van der Waals surface area contributed by atoms with Gasteiger partial charge in [0, 0.05) is 0 Å². The first-order valence-electron chi connectivity index (χ1n) is 9.30. The summed E-state index contributed by atoms with van der Waals surface area (Å²) in [4.78, 5) is 0. The lowest BCUT2D eigenvalue weighted by molar-refractivity contribution is 0.505. The van der Waals surface area contributed by atoms with Crippen molar-refractivity contribution in [2.24, 2.45) is 0 Å². The summed E-state index contributed by atoms with van der Waals surface area (Å²) in [6.07, 6.45) is 4.40. The number of benzene rings is 3. The van der Waals surface area contributed by atoms with Crippen LogP contribution in [0.25, 0.3) is 0 Å². The van der Waals surface area contributed by atoms with Crippen LogP contribution < -0.4 is 0 Å². The summed E-state index contributed by atoms with van der Waals surface area (Å²) in [6, 6.07) is 32.7. The molecule has 0 aliphatic carbocycles. The van der Waals surface area contributed by atoms with Gasteiger partial charge in [-0.1, -0.05) is 97.9 Å². The molecule has 0 fully saturated rings. The van der Waals surface area contributed by atoms with Crippen molar-refractivity contribution in [2.45, 2.75) is 37.5 Å². The highest BCUT2D eigenvalue weighted by Gasteiger charge is 2.18. The molecule has 3 aromatic rings. The van der Waals surface area contributed by atoms with E-state index in [0.717, 1.165) is 19.3 Å². The van der Waals surface area contributed by atoms with Gasteiger partial charge in [0.05, 0.1) is 0 Å². The third-order valence-corrected chi connectivity index (χ3v) is 5.08. The van der Waals surface area contributed by atoms with E-state index in [2.05, 4.69) is 97.9 Å². The predicted molar refractivity (Wildman–Crippen MR) is 108 cm³/mol. The first-order valence-corrected chi connectivity index (χ1v) is 9.30. The summed E-state index contributed by atoms with van der Waals surface area (Å²) in [7, 11) is 0. The van der Waals surface area contributed by atoms with E-state index in [1.807, 2.05) is 0 Å². The highest BCUT2D eigenvalue weighted by atomic mass is 14.2. The summed E-state index contributed by atoms with van der Waals surface area (Å²) in [5, 5.41) is 0. The number of hydrogen-bond donors (Lipinski definition) is 0. The highest BCUT2D eigenvalue weighted by Crippen LogP contribution is 2.34. The molecular formula is C25H27. The third-order valence-electron chi connectivity index (χ3n) is 5.08. The number of aryl methyl sites for hydroxylation is 1. The van der Waals surface area contributed by atoms with Crippen molar-refractivity contribution in [3.05, 3.63) is 115 Å². The lowest BCUT2D eigenvalue weighted by Crippen LogP contribution is -2.08. The Morgan fingerprint density at radius 2 is 1.08 bits per heavy atom. The predicted octanol–water partition coefficient (Wildman–Crippen LogP) is 6.80. The Balaban J connectivity index is 1.76. The molecule has 0 heteroatoms. The van der Waals surface area contributed by atoms with E-state index >= 15 is 0 Å². The minimum atomic E-state index is 0.516. The van der Waals surface area contributed by atoms with E-state index in [9.17, 15) is 0 Å². The van der Waals surface area contributed by atoms with E-state index in [0.29, 0.717) is 11.8 Å². The van der Waals surface area contributed by atoms with Crippen LogP contribution in [0.5, 0.6) is 0 Å². The van der Waals surface area contributed by atoms with Gasteiger partial charge in [0.15, 0.2) is 0 Å². The van der Waals surface area contributed by atoms with Crippen molar-refractivity contribution < 1.29 is 0 Å². The smallest absolute Gasteiger partial charge is 0.0153 e. The molecule has 0 amide bonds. The summed E-state index contributed by atoms with van der Waals surface area (Å²) >= 11 is 0. The van der Waals surface area contributed by atoms with Crippen molar-refractivity contribution in [3.8, 4) is 0 Å². The normalized spacial score (nSPS) is 13.3. The molecule has 0 saturated heterocycles. The van der Waals surface area contributed by atoms with E-state index in [1.54, 1.807) is 0 Å². The fourth-order valence-electron chi connectivity index (χ4n) is 3.62. The lowest BCUT2D eigenvalue weighted by atomic mass is 9.81. The molecule has 0 spiro atoms. The Bertz CT molecular complexity index is 716. The molecule has 0 heterocycles. The van der Waals surface area contributed by atoms with Crippen molar-refractivity contribution in [1.29, 1.82) is 0 Å². The molecule has 2 atom stereocenters. The van der Waals surface area contributed by atoms with Gasteiger partial charge in [-0.15, -0.1) is 0 Å². The van der Waals surface area contributed by atoms with Crippen LogP contribution in [0, 0.1) is 6.92 Å². The minimum absolute atomic E-state index is 0.516. The molecule has 3 aromatic carbocycles. The maximum absolute atomic E-state index is 4.23. The second-order valence-corrected chi connectivity index (χ2v) is 6.76. The van der Waals surface area contributed by atoms with Gasteiger partial charge in [0.25, 0.3) is 0 Å². The second-order valence-electron chi connectivity index (χ2n) is 6.76. The second kappa shape index (κ2) is 9.22. The quantitative estimate of drug-likeness (QED) is 0.427. The van der Waals surface area contributed by atoms with Crippen LogP contribution in [0.3, 0.4) is 0 Å². The zero-order valence-corrected chi connectivity index (χ0v) is 14.9. The molecular weight excluding hydrogens is 300 g/mol. The van der Waals surface area contributed by atoms with Crippen LogP contribution in [0.2, 0.25) is 0 Å². The summed E-state index contributed by atoms with van der Waals surface area (Å²) < 4.78 is 0. The monoisotopic (exact) mass is 327 g/mol. The molecule has 0 saturated carbocycles. The highest BCUT2D eigenvalue weighted by molar-refractivity contribution is 5.25. The zero-order valence-electron chi connectivity index (χ0n) is 14.9. The van der Waals surface area contributed by atoms with E-state index in [4.69, 9.17) is 0 Å². The van der Waals surface area contributed by atoms with E-state index in [1.165, 1.54) is 23.1 Å². The first-order chi connectivity index (χ1) is 12.4. The SMILES string of the molecule is [CH2]CC(CC(CCc1ccccc1)c1ccccc1)c1ccccc1. The Kier molecular flexibility index (Phi) is 6.45. The molecule has 0 bridgehead atoms. The van der Waals surface area contributed by atoms with Crippen molar-refractivity contribution in [3.63, 3.8) is 0 Å². The van der Waals surface area contributed by atoms with Crippen LogP contribution >= 0.6 is 0 Å². The molecule has 3 rings (SSSR count). The number of hydrogen-bond acceptors (Lipinski definition) is 0. The van der Waals surface area contributed by atoms with Gasteiger partial charge in [-0.3, -0.25) is 0 Å². The topological polar surface area (TPSA) is 0 Å². The van der Waals surface area contributed by atoms with Crippen LogP contribution in [0.1, 0.15) is 47.8 Å². The third kappa shape index (κ3) is 5.06. The van der Waals surface area contributed by atoms with Gasteiger partial charge < -0.3 is 0 Å². The van der Waals surface area contributed by atoms with Crippen LogP contribution in [-0.2, 0) is 6.42 Å². The van der Waals surface area contributed by atoms with Gasteiger partial charge in [-0.05, 0) is 54.2 Å². The summed E-state index contributed by atoms with van der Waals surface area (Å²) in [5.74, 6) is 1.08. The molecule has 0 aliphatic heterocycles. The van der Waals surface area contributed by atoms with Crippen molar-refractivity contribution >= 4 is 0 Å². The van der Waals surface area contributed by atoms with Gasteiger partial charge in [-0.2, -0.15) is 0 Å². The first kappa shape index (κ1) is 17.5. The largest absolute Gasteiger partial charge is 0.0622 e. The molecule has 127 valence electrons. The average Bonchev–Trinajstić information content (AvgIpc) is 2.70. The standard InChI is InChI=1S/C25H27/c1-2-22(23-14-8-4-9-15-23)20-25(24-16-10-5-11-17-24)19-18-21-12-6-3-7-13-21/h3-17,22,25H,1-2,18-20H2. The van der Waals surface area contributed by atoms with Gasteiger partial charge >= 0.3 is 0 Å². The zero-order chi connectivity index (χ0) is 17.3. The fraction of sp³-hybridized carbons (Fsp3) is 0.240. The van der Waals surface area contributed by atoms with Gasteiger partial charge in [-0.25, -0.2) is 0 Å². The molecule has 0 aliphatic rings. The van der Waals surface area contributed by atoms with Gasteiger partial charge in [0.1, 0.15) is 0 Å².